The fourth-order valence-electron chi connectivity index (χ4n) is 3.10. The Balaban J connectivity index is 1.99. The molecule has 1 amide bonds. The number of methoxy groups -OCH3 is 2. The van der Waals surface area contributed by atoms with Crippen molar-refractivity contribution >= 4 is 21.6 Å². The van der Waals surface area contributed by atoms with Crippen LogP contribution in [0.15, 0.2) is 42.5 Å². The molecule has 0 aromatic heterocycles. The summed E-state index contributed by atoms with van der Waals surface area (Å²) in [7, 11) is -0.739. The quantitative estimate of drug-likeness (QED) is 0.577. The van der Waals surface area contributed by atoms with Crippen molar-refractivity contribution in [1.29, 1.82) is 0 Å². The van der Waals surface area contributed by atoms with Crippen LogP contribution in [0, 0.1) is 5.82 Å². The third-order valence-corrected chi connectivity index (χ3v) is 5.80. The van der Waals surface area contributed by atoms with Gasteiger partial charge in [-0.1, -0.05) is 18.2 Å². The molecule has 2 aromatic carbocycles. The lowest BCUT2D eigenvalue weighted by Gasteiger charge is -2.28. The summed E-state index contributed by atoms with van der Waals surface area (Å²) in [6.07, 6.45) is 2.25. The Morgan fingerprint density at radius 2 is 1.80 bits per heavy atom. The van der Waals surface area contributed by atoms with Crippen LogP contribution >= 0.6 is 0 Å². The van der Waals surface area contributed by atoms with Crippen LogP contribution in [-0.2, 0) is 21.2 Å². The zero-order valence-corrected chi connectivity index (χ0v) is 18.3. The maximum Gasteiger partial charge on any atom is 0.243 e. The summed E-state index contributed by atoms with van der Waals surface area (Å²) in [5.74, 6) is 0.0470. The van der Waals surface area contributed by atoms with Crippen LogP contribution in [0.5, 0.6) is 11.5 Å². The first kappa shape index (κ1) is 23.5. The largest absolute Gasteiger partial charge is 0.493 e. The van der Waals surface area contributed by atoms with E-state index >= 15 is 0 Å². The molecular formula is C21H27FN2O5S. The number of aryl methyl sites for hydroxylation is 1. The number of carbonyl (C=O) groups is 1. The van der Waals surface area contributed by atoms with E-state index in [1.165, 1.54) is 25.1 Å². The highest BCUT2D eigenvalue weighted by Gasteiger charge is 2.30. The summed E-state index contributed by atoms with van der Waals surface area (Å²) < 4.78 is 49.9. The van der Waals surface area contributed by atoms with Gasteiger partial charge >= 0.3 is 0 Å². The first-order valence-electron chi connectivity index (χ1n) is 9.41. The Bertz CT molecular complexity index is 981. The summed E-state index contributed by atoms with van der Waals surface area (Å²) >= 11 is 0. The molecule has 0 spiro atoms. The van der Waals surface area contributed by atoms with Gasteiger partial charge in [-0.2, -0.15) is 0 Å². The van der Waals surface area contributed by atoms with Crippen LogP contribution in [0.25, 0.3) is 0 Å². The van der Waals surface area contributed by atoms with Gasteiger partial charge in [-0.25, -0.2) is 12.8 Å². The number of anilines is 1. The molecule has 0 saturated carbocycles. The van der Waals surface area contributed by atoms with Gasteiger partial charge in [0.05, 0.1) is 26.2 Å². The molecule has 2 rings (SSSR count). The van der Waals surface area contributed by atoms with Crippen molar-refractivity contribution < 1.29 is 27.1 Å². The number of rotatable bonds is 10. The van der Waals surface area contributed by atoms with Crippen LogP contribution in [0.4, 0.5) is 10.1 Å². The highest BCUT2D eigenvalue weighted by atomic mass is 32.2. The molecule has 0 aliphatic heterocycles. The lowest BCUT2D eigenvalue weighted by Crippen LogP contribution is -2.48. The highest BCUT2D eigenvalue weighted by molar-refractivity contribution is 7.92. The van der Waals surface area contributed by atoms with E-state index in [4.69, 9.17) is 9.47 Å². The van der Waals surface area contributed by atoms with Crippen molar-refractivity contribution in [1.82, 2.24) is 5.32 Å². The molecule has 30 heavy (non-hydrogen) atoms. The van der Waals surface area contributed by atoms with Gasteiger partial charge in [0.2, 0.25) is 15.9 Å². The number of benzene rings is 2. The van der Waals surface area contributed by atoms with Crippen molar-refractivity contribution in [2.24, 2.45) is 0 Å². The zero-order valence-electron chi connectivity index (χ0n) is 17.5. The number of halogens is 1. The maximum atomic E-state index is 14.1. The van der Waals surface area contributed by atoms with Gasteiger partial charge in [0.1, 0.15) is 11.9 Å². The molecule has 9 heteroatoms. The Morgan fingerprint density at radius 1 is 1.13 bits per heavy atom. The van der Waals surface area contributed by atoms with Crippen molar-refractivity contribution in [3.05, 3.63) is 53.8 Å². The molecule has 0 aliphatic rings. The van der Waals surface area contributed by atoms with E-state index in [9.17, 15) is 17.6 Å². The summed E-state index contributed by atoms with van der Waals surface area (Å²) in [5.41, 5.74) is 0.854. The van der Waals surface area contributed by atoms with E-state index in [0.717, 1.165) is 22.2 Å². The predicted octanol–water partition coefficient (Wildman–Crippen LogP) is 2.75. The molecule has 0 bridgehead atoms. The fourth-order valence-corrected chi connectivity index (χ4v) is 4.27. The number of sulfonamides is 1. The monoisotopic (exact) mass is 438 g/mol. The molecule has 0 aliphatic carbocycles. The Morgan fingerprint density at radius 3 is 2.40 bits per heavy atom. The average molecular weight is 439 g/mol. The molecule has 164 valence electrons. The first-order valence-corrected chi connectivity index (χ1v) is 11.3. The summed E-state index contributed by atoms with van der Waals surface area (Å²) in [4.78, 5) is 12.5. The van der Waals surface area contributed by atoms with Gasteiger partial charge in [0, 0.05) is 6.54 Å². The number of para-hydroxylation sites is 1. The van der Waals surface area contributed by atoms with E-state index in [0.29, 0.717) is 30.9 Å². The molecule has 0 saturated heterocycles. The van der Waals surface area contributed by atoms with Crippen LogP contribution < -0.4 is 19.1 Å². The van der Waals surface area contributed by atoms with Gasteiger partial charge in [-0.15, -0.1) is 0 Å². The minimum atomic E-state index is -3.87. The van der Waals surface area contributed by atoms with Crippen LogP contribution in [0.1, 0.15) is 18.9 Å². The van der Waals surface area contributed by atoms with E-state index in [1.54, 1.807) is 14.2 Å². The number of hydrogen-bond acceptors (Lipinski definition) is 5. The molecule has 0 heterocycles. The smallest absolute Gasteiger partial charge is 0.243 e. The standard InChI is InChI=1S/C21H27FN2O5S/c1-15(24(30(4,26)27)18-10-6-5-9-17(18)22)21(25)23-13-7-8-16-11-12-19(28-2)20(14-16)29-3/h5-6,9-12,14-15H,7-8,13H2,1-4H3,(H,23,25)/t15-/m1/s1. The number of amides is 1. The number of nitrogens with zero attached hydrogens (tertiary/aromatic N) is 1. The van der Waals surface area contributed by atoms with Crippen LogP contribution in [0.3, 0.4) is 0 Å². The van der Waals surface area contributed by atoms with Crippen molar-refractivity contribution in [3.8, 4) is 11.5 Å². The molecule has 1 N–H and O–H groups in total. The first-order chi connectivity index (χ1) is 14.2. The lowest BCUT2D eigenvalue weighted by molar-refractivity contribution is -0.121. The van der Waals surface area contributed by atoms with Gasteiger partial charge < -0.3 is 14.8 Å². The predicted molar refractivity (Wildman–Crippen MR) is 114 cm³/mol. The minimum absolute atomic E-state index is 0.159. The van der Waals surface area contributed by atoms with Crippen LogP contribution in [-0.4, -0.2) is 47.4 Å². The van der Waals surface area contributed by atoms with Gasteiger partial charge in [0.15, 0.2) is 11.5 Å². The fraction of sp³-hybridized carbons (Fsp3) is 0.381. The second-order valence-corrected chi connectivity index (χ2v) is 8.63. The molecule has 1 atom stereocenters. The van der Waals surface area contributed by atoms with E-state index < -0.39 is 27.8 Å². The second-order valence-electron chi connectivity index (χ2n) is 6.77. The molecule has 7 nitrogen and oxygen atoms in total. The van der Waals surface area contributed by atoms with Gasteiger partial charge in [-0.05, 0) is 49.6 Å². The summed E-state index contributed by atoms with van der Waals surface area (Å²) in [5, 5.41) is 2.72. The Labute approximate surface area is 176 Å². The Kier molecular flexibility index (Phi) is 8.05. The van der Waals surface area contributed by atoms with Crippen molar-refractivity contribution in [2.75, 3.05) is 31.3 Å². The molecule has 0 unspecified atom stereocenters. The topological polar surface area (TPSA) is 84.9 Å². The van der Waals surface area contributed by atoms with Gasteiger partial charge in [0.25, 0.3) is 0 Å². The number of hydrogen-bond donors (Lipinski definition) is 1. The maximum absolute atomic E-state index is 14.1. The lowest BCUT2D eigenvalue weighted by atomic mass is 10.1. The van der Waals surface area contributed by atoms with Crippen molar-refractivity contribution in [2.45, 2.75) is 25.8 Å². The molecular weight excluding hydrogens is 411 g/mol. The van der Waals surface area contributed by atoms with E-state index in [2.05, 4.69) is 5.32 Å². The number of carbonyl (C=O) groups excluding carboxylic acids is 1. The molecule has 2 aromatic rings. The third kappa shape index (κ3) is 5.85. The molecule has 0 radical (unpaired) electrons. The Hall–Kier alpha value is -2.81. The number of ether oxygens (including phenoxy) is 2. The zero-order chi connectivity index (χ0) is 22.3. The van der Waals surface area contributed by atoms with Crippen LogP contribution in [0.2, 0.25) is 0 Å². The van der Waals surface area contributed by atoms with Crippen molar-refractivity contribution in [3.63, 3.8) is 0 Å². The van der Waals surface area contributed by atoms with E-state index in [1.807, 2.05) is 18.2 Å². The highest BCUT2D eigenvalue weighted by Crippen LogP contribution is 2.28. The minimum Gasteiger partial charge on any atom is -0.493 e. The third-order valence-electron chi connectivity index (χ3n) is 4.57. The van der Waals surface area contributed by atoms with Gasteiger partial charge in [-0.3, -0.25) is 9.10 Å². The second kappa shape index (κ2) is 10.3. The summed E-state index contributed by atoms with van der Waals surface area (Å²) in [6.45, 7) is 1.77. The molecule has 0 fully saturated rings. The van der Waals surface area contributed by atoms with E-state index in [-0.39, 0.29) is 5.69 Å². The SMILES string of the molecule is COc1ccc(CCCNC(=O)[C@@H](C)N(c2ccccc2F)S(C)(=O)=O)cc1OC. The number of nitrogens with one attached hydrogen (secondary N) is 1. The average Bonchev–Trinajstić information content (AvgIpc) is 2.71. The normalized spacial score (nSPS) is 12.2. The summed E-state index contributed by atoms with van der Waals surface area (Å²) in [6, 6.07) is 9.95.